The first-order valence-corrected chi connectivity index (χ1v) is 7.12. The predicted molar refractivity (Wildman–Crippen MR) is 78.0 cm³/mol. The van der Waals surface area contributed by atoms with Crippen molar-refractivity contribution in [3.05, 3.63) is 12.4 Å². The van der Waals surface area contributed by atoms with Crippen LogP contribution in [-0.4, -0.2) is 47.9 Å². The number of nitrogens with two attached hydrogens (primary N) is 1. The molecule has 1 aromatic heterocycles. The summed E-state index contributed by atoms with van der Waals surface area (Å²) in [7, 11) is 0. The van der Waals surface area contributed by atoms with Crippen molar-refractivity contribution in [2.24, 2.45) is 5.73 Å². The molecule has 1 aromatic rings. The first kappa shape index (κ1) is 15.0. The second kappa shape index (κ2) is 6.37. The zero-order valence-corrected chi connectivity index (χ0v) is 12.5. The molecule has 1 atom stereocenters. The Balaban J connectivity index is 2.13. The van der Waals surface area contributed by atoms with Gasteiger partial charge in [-0.05, 0) is 20.3 Å². The zero-order chi connectivity index (χ0) is 14.6. The van der Waals surface area contributed by atoms with Crippen molar-refractivity contribution in [3.63, 3.8) is 0 Å². The van der Waals surface area contributed by atoms with Crippen LogP contribution in [0.1, 0.15) is 27.2 Å². The highest BCUT2D eigenvalue weighted by Crippen LogP contribution is 2.25. The summed E-state index contributed by atoms with van der Waals surface area (Å²) in [6.45, 7) is 8.83. The van der Waals surface area contributed by atoms with E-state index in [2.05, 4.69) is 35.6 Å². The average molecular weight is 280 g/mol. The molecule has 0 radical (unpaired) electrons. The normalized spacial score (nSPS) is 21.8. The van der Waals surface area contributed by atoms with Gasteiger partial charge in [-0.25, -0.2) is 0 Å². The molecule has 2 heterocycles. The molecule has 1 fully saturated rings. The number of hydrogen-bond acceptors (Lipinski definition) is 6. The van der Waals surface area contributed by atoms with Crippen LogP contribution >= 0.6 is 0 Å². The third-order valence-corrected chi connectivity index (χ3v) is 3.12. The lowest BCUT2D eigenvalue weighted by Crippen LogP contribution is -2.55. The van der Waals surface area contributed by atoms with Gasteiger partial charge in [0.15, 0.2) is 5.82 Å². The van der Waals surface area contributed by atoms with Crippen LogP contribution in [0.5, 0.6) is 5.88 Å². The molecule has 6 nitrogen and oxygen atoms in total. The third-order valence-electron chi connectivity index (χ3n) is 3.12. The van der Waals surface area contributed by atoms with E-state index in [0.717, 1.165) is 25.3 Å². The fourth-order valence-corrected chi connectivity index (χ4v) is 2.36. The van der Waals surface area contributed by atoms with Crippen molar-refractivity contribution in [1.82, 2.24) is 9.97 Å². The molecule has 2 N–H and O–H groups in total. The molecule has 0 aromatic carbocycles. The Hall–Kier alpha value is -1.40. The van der Waals surface area contributed by atoms with E-state index in [1.807, 2.05) is 0 Å². The van der Waals surface area contributed by atoms with Crippen molar-refractivity contribution < 1.29 is 9.47 Å². The zero-order valence-electron chi connectivity index (χ0n) is 12.5. The minimum atomic E-state index is -0.246. The van der Waals surface area contributed by atoms with E-state index in [1.165, 1.54) is 0 Å². The molecule has 2 rings (SSSR count). The molecule has 6 heteroatoms. The molecule has 1 unspecified atom stereocenters. The van der Waals surface area contributed by atoms with E-state index in [4.69, 9.17) is 15.2 Å². The molecule has 1 saturated heterocycles. The van der Waals surface area contributed by atoms with E-state index in [0.29, 0.717) is 19.0 Å². The quantitative estimate of drug-likeness (QED) is 0.874. The molecule has 0 amide bonds. The third kappa shape index (κ3) is 3.80. The number of nitrogens with zero attached hydrogens (tertiary/aromatic N) is 3. The lowest BCUT2D eigenvalue weighted by atomic mass is 10.1. The van der Waals surface area contributed by atoms with Gasteiger partial charge in [-0.15, -0.1) is 0 Å². The summed E-state index contributed by atoms with van der Waals surface area (Å²) in [4.78, 5) is 10.9. The lowest BCUT2D eigenvalue weighted by Gasteiger charge is -2.42. The van der Waals surface area contributed by atoms with Crippen LogP contribution in [0.15, 0.2) is 12.4 Å². The second-order valence-corrected chi connectivity index (χ2v) is 5.68. The molecule has 112 valence electrons. The van der Waals surface area contributed by atoms with Crippen LogP contribution in [0.25, 0.3) is 0 Å². The number of morpholine rings is 1. The molecule has 1 aliphatic rings. The van der Waals surface area contributed by atoms with Gasteiger partial charge < -0.3 is 20.1 Å². The van der Waals surface area contributed by atoms with E-state index < -0.39 is 0 Å². The molecular formula is C14H24N4O2. The van der Waals surface area contributed by atoms with Crippen molar-refractivity contribution in [2.45, 2.75) is 38.9 Å². The summed E-state index contributed by atoms with van der Waals surface area (Å²) in [6.07, 6.45) is 4.37. The Morgan fingerprint density at radius 3 is 3.00 bits per heavy atom. The van der Waals surface area contributed by atoms with Gasteiger partial charge in [-0.1, -0.05) is 6.92 Å². The lowest BCUT2D eigenvalue weighted by molar-refractivity contribution is -0.0790. The summed E-state index contributed by atoms with van der Waals surface area (Å²) in [5.74, 6) is 1.38. The van der Waals surface area contributed by atoms with Gasteiger partial charge in [-0.3, -0.25) is 4.98 Å². The SMILES string of the molecule is CCCOc1cncc(N2CC(CN)OC(C)(C)C2)n1. The maximum absolute atomic E-state index is 5.92. The van der Waals surface area contributed by atoms with Gasteiger partial charge in [0.1, 0.15) is 0 Å². The van der Waals surface area contributed by atoms with Crippen molar-refractivity contribution >= 4 is 5.82 Å². The number of rotatable bonds is 5. The number of anilines is 1. The topological polar surface area (TPSA) is 73.5 Å². The average Bonchev–Trinajstić information content (AvgIpc) is 2.43. The Morgan fingerprint density at radius 2 is 2.30 bits per heavy atom. The Morgan fingerprint density at radius 1 is 1.50 bits per heavy atom. The summed E-state index contributed by atoms with van der Waals surface area (Å²) in [5, 5.41) is 0. The van der Waals surface area contributed by atoms with E-state index in [1.54, 1.807) is 12.4 Å². The van der Waals surface area contributed by atoms with Crippen molar-refractivity contribution in [1.29, 1.82) is 0 Å². The summed E-state index contributed by atoms with van der Waals surface area (Å²) in [5.41, 5.74) is 5.50. The standard InChI is InChI=1S/C14H24N4O2/c1-4-5-19-13-8-16-7-12(17-13)18-9-11(6-15)20-14(2,3)10-18/h7-8,11H,4-6,9-10,15H2,1-3H3. The number of ether oxygens (including phenoxy) is 2. The van der Waals surface area contributed by atoms with E-state index in [9.17, 15) is 0 Å². The smallest absolute Gasteiger partial charge is 0.234 e. The molecule has 0 aliphatic carbocycles. The monoisotopic (exact) mass is 280 g/mol. The van der Waals surface area contributed by atoms with Crippen molar-refractivity contribution in [3.8, 4) is 5.88 Å². The van der Waals surface area contributed by atoms with Gasteiger partial charge in [-0.2, -0.15) is 4.98 Å². The molecule has 20 heavy (non-hydrogen) atoms. The first-order chi connectivity index (χ1) is 9.54. The molecule has 0 spiro atoms. The van der Waals surface area contributed by atoms with Gasteiger partial charge >= 0.3 is 0 Å². The Bertz CT molecular complexity index is 439. The molecular weight excluding hydrogens is 256 g/mol. The molecule has 0 saturated carbocycles. The minimum Gasteiger partial charge on any atom is -0.477 e. The maximum atomic E-state index is 5.92. The van der Waals surface area contributed by atoms with Gasteiger partial charge in [0.25, 0.3) is 0 Å². The van der Waals surface area contributed by atoms with Crippen LogP contribution in [-0.2, 0) is 4.74 Å². The summed E-state index contributed by atoms with van der Waals surface area (Å²) < 4.78 is 11.5. The minimum absolute atomic E-state index is 0.0146. The van der Waals surface area contributed by atoms with Crippen LogP contribution in [0.4, 0.5) is 5.82 Å². The Kier molecular flexibility index (Phi) is 4.77. The first-order valence-electron chi connectivity index (χ1n) is 7.12. The van der Waals surface area contributed by atoms with Gasteiger partial charge in [0.2, 0.25) is 5.88 Å². The van der Waals surface area contributed by atoms with Crippen LogP contribution in [0, 0.1) is 0 Å². The second-order valence-electron chi connectivity index (χ2n) is 5.68. The fourth-order valence-electron chi connectivity index (χ4n) is 2.36. The van der Waals surface area contributed by atoms with Crippen LogP contribution in [0.2, 0.25) is 0 Å². The largest absolute Gasteiger partial charge is 0.477 e. The maximum Gasteiger partial charge on any atom is 0.234 e. The highest BCUT2D eigenvalue weighted by molar-refractivity contribution is 5.39. The summed E-state index contributed by atoms with van der Waals surface area (Å²) >= 11 is 0. The highest BCUT2D eigenvalue weighted by atomic mass is 16.5. The fraction of sp³-hybridized carbons (Fsp3) is 0.714. The molecule has 1 aliphatic heterocycles. The number of aromatic nitrogens is 2. The van der Waals surface area contributed by atoms with Gasteiger partial charge in [0, 0.05) is 19.6 Å². The predicted octanol–water partition coefficient (Wildman–Crippen LogP) is 1.21. The summed E-state index contributed by atoms with van der Waals surface area (Å²) in [6, 6.07) is 0. The van der Waals surface area contributed by atoms with E-state index >= 15 is 0 Å². The van der Waals surface area contributed by atoms with Crippen LogP contribution < -0.4 is 15.4 Å². The molecule has 0 bridgehead atoms. The highest BCUT2D eigenvalue weighted by Gasteiger charge is 2.33. The number of hydrogen-bond donors (Lipinski definition) is 1. The Labute approximate surface area is 120 Å². The van der Waals surface area contributed by atoms with Crippen LogP contribution in [0.3, 0.4) is 0 Å². The van der Waals surface area contributed by atoms with Gasteiger partial charge in [0.05, 0.1) is 30.7 Å². The van der Waals surface area contributed by atoms with Crippen molar-refractivity contribution in [2.75, 3.05) is 31.1 Å². The van der Waals surface area contributed by atoms with E-state index in [-0.39, 0.29) is 11.7 Å².